The lowest BCUT2D eigenvalue weighted by molar-refractivity contribution is -0.163. The number of hydrogen-bond acceptors (Lipinski definition) is 4. The van der Waals surface area contributed by atoms with E-state index in [1.165, 1.54) is 12.8 Å². The first kappa shape index (κ1) is 19.0. The van der Waals surface area contributed by atoms with Crippen molar-refractivity contribution in [2.45, 2.75) is 84.2 Å². The Balaban J connectivity index is 1.57. The first-order chi connectivity index (χ1) is 12.9. The standard InChI is InChI=1S/C23H33NO3/c1-22-10-8-19-21(18(22)6-5-15(22)4-3-11-24)20(26)13-16-12-17(27-14-25)7-9-23(16,19)2/h14-19,21H,3-10,12-13H2,1-2H3. The fraction of sp³-hybridized carbons (Fsp3) is 0.870. The van der Waals surface area contributed by atoms with Gasteiger partial charge in [0.15, 0.2) is 0 Å². The molecule has 4 aliphatic rings. The molecular weight excluding hydrogens is 338 g/mol. The van der Waals surface area contributed by atoms with Crippen LogP contribution in [0.5, 0.6) is 0 Å². The van der Waals surface area contributed by atoms with Gasteiger partial charge in [0, 0.05) is 18.8 Å². The van der Waals surface area contributed by atoms with Gasteiger partial charge in [0.25, 0.3) is 6.47 Å². The van der Waals surface area contributed by atoms with E-state index in [1.54, 1.807) is 0 Å². The SMILES string of the molecule is CC12CCC3C(C(=O)CC4CC(OC=O)CCC43C)C1CCC2CCC#N. The average molecular weight is 372 g/mol. The van der Waals surface area contributed by atoms with E-state index in [0.29, 0.717) is 48.8 Å². The van der Waals surface area contributed by atoms with E-state index < -0.39 is 0 Å². The van der Waals surface area contributed by atoms with E-state index in [-0.39, 0.29) is 22.9 Å². The van der Waals surface area contributed by atoms with Crippen LogP contribution in [0.25, 0.3) is 0 Å². The number of Topliss-reactive ketones (excluding diaryl/α,β-unsaturated/α-hetero) is 1. The van der Waals surface area contributed by atoms with Crippen LogP contribution in [0.4, 0.5) is 0 Å². The third-order valence-electron chi connectivity index (χ3n) is 9.47. The summed E-state index contributed by atoms with van der Waals surface area (Å²) >= 11 is 0. The van der Waals surface area contributed by atoms with Gasteiger partial charge in [-0.15, -0.1) is 0 Å². The Morgan fingerprint density at radius 2 is 1.89 bits per heavy atom. The second kappa shape index (κ2) is 6.90. The normalized spacial score (nSPS) is 48.7. The molecular formula is C23H33NO3. The highest BCUT2D eigenvalue weighted by atomic mass is 16.5. The lowest BCUT2D eigenvalue weighted by Gasteiger charge is -2.60. The number of nitriles is 1. The predicted octanol–water partition coefficient (Wildman–Crippen LogP) is 4.67. The second-order valence-electron chi connectivity index (χ2n) is 10.3. The van der Waals surface area contributed by atoms with Crippen LogP contribution in [0.2, 0.25) is 0 Å². The van der Waals surface area contributed by atoms with Crippen LogP contribution in [0.15, 0.2) is 0 Å². The van der Waals surface area contributed by atoms with E-state index in [4.69, 9.17) is 10.00 Å². The molecule has 0 aromatic carbocycles. The summed E-state index contributed by atoms with van der Waals surface area (Å²) in [5.74, 6) is 2.68. The third-order valence-corrected chi connectivity index (χ3v) is 9.47. The number of ether oxygens (including phenoxy) is 1. The van der Waals surface area contributed by atoms with Crippen molar-refractivity contribution in [1.29, 1.82) is 5.26 Å². The Kier molecular flexibility index (Phi) is 4.85. The molecule has 148 valence electrons. The number of carbonyl (C=O) groups is 2. The van der Waals surface area contributed by atoms with E-state index in [9.17, 15) is 9.59 Å². The summed E-state index contributed by atoms with van der Waals surface area (Å²) in [6.45, 7) is 5.41. The summed E-state index contributed by atoms with van der Waals surface area (Å²) in [4.78, 5) is 24.1. The Morgan fingerprint density at radius 3 is 2.63 bits per heavy atom. The first-order valence-corrected chi connectivity index (χ1v) is 10.9. The largest absolute Gasteiger partial charge is 0.465 e. The number of fused-ring (bicyclic) bond motifs is 5. The minimum atomic E-state index is 0.000578. The summed E-state index contributed by atoms with van der Waals surface area (Å²) in [5.41, 5.74) is 0.460. The minimum absolute atomic E-state index is 0.000578. The number of carbonyl (C=O) groups excluding carboxylic acids is 2. The van der Waals surface area contributed by atoms with Crippen molar-refractivity contribution in [1.82, 2.24) is 0 Å². The summed E-state index contributed by atoms with van der Waals surface area (Å²) in [7, 11) is 0. The third kappa shape index (κ3) is 2.84. The van der Waals surface area contributed by atoms with Crippen LogP contribution in [0.1, 0.15) is 78.1 Å². The van der Waals surface area contributed by atoms with Gasteiger partial charge in [0.05, 0.1) is 6.07 Å². The lowest BCUT2D eigenvalue weighted by atomic mass is 9.44. The van der Waals surface area contributed by atoms with E-state index in [2.05, 4.69) is 19.9 Å². The number of hydrogen-bond donors (Lipinski definition) is 0. The van der Waals surface area contributed by atoms with Gasteiger partial charge < -0.3 is 4.74 Å². The van der Waals surface area contributed by atoms with Crippen molar-refractivity contribution in [3.63, 3.8) is 0 Å². The van der Waals surface area contributed by atoms with Crippen molar-refractivity contribution >= 4 is 12.3 Å². The molecule has 0 heterocycles. The van der Waals surface area contributed by atoms with Crippen LogP contribution in [-0.4, -0.2) is 18.4 Å². The van der Waals surface area contributed by atoms with E-state index >= 15 is 0 Å². The van der Waals surface area contributed by atoms with Gasteiger partial charge in [-0.25, -0.2) is 0 Å². The van der Waals surface area contributed by atoms with Gasteiger partial charge in [-0.05, 0) is 85.9 Å². The molecule has 4 aliphatic carbocycles. The molecule has 0 saturated heterocycles. The van der Waals surface area contributed by atoms with Crippen LogP contribution in [-0.2, 0) is 14.3 Å². The Bertz CT molecular complexity index is 654. The smallest absolute Gasteiger partial charge is 0.293 e. The monoisotopic (exact) mass is 371 g/mol. The second-order valence-corrected chi connectivity index (χ2v) is 10.3. The molecule has 27 heavy (non-hydrogen) atoms. The van der Waals surface area contributed by atoms with Crippen LogP contribution in [0, 0.1) is 51.8 Å². The van der Waals surface area contributed by atoms with Crippen LogP contribution in [0.3, 0.4) is 0 Å². The topological polar surface area (TPSA) is 67.2 Å². The fourth-order valence-electron chi connectivity index (χ4n) is 7.92. The minimum Gasteiger partial charge on any atom is -0.465 e. The zero-order valence-corrected chi connectivity index (χ0v) is 16.8. The lowest BCUT2D eigenvalue weighted by Crippen LogP contribution is -2.57. The van der Waals surface area contributed by atoms with Crippen LogP contribution >= 0.6 is 0 Å². The summed E-state index contributed by atoms with van der Waals surface area (Å²) < 4.78 is 5.27. The van der Waals surface area contributed by atoms with Crippen molar-refractivity contribution in [3.8, 4) is 6.07 Å². The van der Waals surface area contributed by atoms with Gasteiger partial charge in [-0.2, -0.15) is 5.26 Å². The highest BCUT2D eigenvalue weighted by molar-refractivity contribution is 5.83. The van der Waals surface area contributed by atoms with Gasteiger partial charge in [0.1, 0.15) is 11.9 Å². The highest BCUT2D eigenvalue weighted by Crippen LogP contribution is 2.67. The van der Waals surface area contributed by atoms with Crippen LogP contribution < -0.4 is 0 Å². The molecule has 0 N–H and O–H groups in total. The molecule has 8 unspecified atom stereocenters. The molecule has 0 aromatic rings. The maximum absolute atomic E-state index is 13.3. The zero-order valence-electron chi connectivity index (χ0n) is 16.8. The van der Waals surface area contributed by atoms with Crippen molar-refractivity contribution in [2.24, 2.45) is 40.4 Å². The molecule has 4 saturated carbocycles. The Labute approximate surface area is 163 Å². The maximum atomic E-state index is 13.3. The summed E-state index contributed by atoms with van der Waals surface area (Å²) in [6.07, 6.45) is 9.90. The van der Waals surface area contributed by atoms with Crippen molar-refractivity contribution < 1.29 is 14.3 Å². The molecule has 4 nitrogen and oxygen atoms in total. The molecule has 0 radical (unpaired) electrons. The average Bonchev–Trinajstić information content (AvgIpc) is 2.98. The quantitative estimate of drug-likeness (QED) is 0.674. The van der Waals surface area contributed by atoms with Crippen molar-refractivity contribution in [2.75, 3.05) is 0 Å². The molecule has 0 spiro atoms. The molecule has 4 fully saturated rings. The Hall–Kier alpha value is -1.37. The molecule has 4 heteroatoms. The molecule has 0 aliphatic heterocycles. The van der Waals surface area contributed by atoms with Gasteiger partial charge in [-0.3, -0.25) is 9.59 Å². The van der Waals surface area contributed by atoms with Gasteiger partial charge in [-0.1, -0.05) is 13.8 Å². The van der Waals surface area contributed by atoms with Gasteiger partial charge in [0.2, 0.25) is 0 Å². The fourth-order valence-corrected chi connectivity index (χ4v) is 7.92. The van der Waals surface area contributed by atoms with E-state index in [1.807, 2.05) is 0 Å². The molecule has 0 aromatic heterocycles. The molecule has 8 atom stereocenters. The number of nitrogens with zero attached hydrogens (tertiary/aromatic N) is 1. The molecule has 0 amide bonds. The summed E-state index contributed by atoms with van der Waals surface area (Å²) in [6, 6.07) is 2.33. The predicted molar refractivity (Wildman–Crippen MR) is 101 cm³/mol. The van der Waals surface area contributed by atoms with E-state index in [0.717, 1.165) is 38.5 Å². The highest BCUT2D eigenvalue weighted by Gasteiger charge is 2.62. The first-order valence-electron chi connectivity index (χ1n) is 10.9. The zero-order chi connectivity index (χ0) is 19.2. The number of rotatable bonds is 4. The van der Waals surface area contributed by atoms with Crippen molar-refractivity contribution in [3.05, 3.63) is 0 Å². The molecule has 0 bridgehead atoms. The maximum Gasteiger partial charge on any atom is 0.293 e. The molecule has 4 rings (SSSR count). The number of ketones is 1. The Morgan fingerprint density at radius 1 is 1.15 bits per heavy atom. The summed E-state index contributed by atoms with van der Waals surface area (Å²) in [5, 5.41) is 9.02. The van der Waals surface area contributed by atoms with Gasteiger partial charge >= 0.3 is 0 Å².